The third kappa shape index (κ3) is 11.3. The summed E-state index contributed by atoms with van der Waals surface area (Å²) in [5.74, 6) is 0. The second-order valence-electron chi connectivity index (χ2n) is 4.23. The number of amides is 2. The van der Waals surface area contributed by atoms with Crippen LogP contribution in [0.5, 0.6) is 0 Å². The van der Waals surface area contributed by atoms with Gasteiger partial charge in [-0.2, -0.15) is 0 Å². The van der Waals surface area contributed by atoms with Gasteiger partial charge in [-0.15, -0.1) is 0 Å². The van der Waals surface area contributed by atoms with Crippen molar-refractivity contribution in [3.8, 4) is 0 Å². The first-order valence-electron chi connectivity index (χ1n) is 6.76. The Bertz CT molecular complexity index is 160. The van der Waals surface area contributed by atoms with Gasteiger partial charge in [-0.25, -0.2) is 10.1 Å². The second-order valence-corrected chi connectivity index (χ2v) is 4.23. The van der Waals surface area contributed by atoms with Gasteiger partial charge in [0.2, 0.25) is 0 Å². The zero-order valence-electron chi connectivity index (χ0n) is 10.9. The van der Waals surface area contributed by atoms with Gasteiger partial charge in [-0.05, 0) is 12.8 Å². The molecule has 1 N–H and O–H groups in total. The molecule has 2 amide bonds. The maximum Gasteiger partial charge on any atom is 0.336 e. The summed E-state index contributed by atoms with van der Waals surface area (Å²) in [6.07, 6.45) is 9.63. The van der Waals surface area contributed by atoms with Gasteiger partial charge in [0, 0.05) is 13.1 Å². The van der Waals surface area contributed by atoms with E-state index in [0.29, 0.717) is 6.54 Å². The van der Waals surface area contributed by atoms with Crippen molar-refractivity contribution < 1.29 is 4.79 Å². The summed E-state index contributed by atoms with van der Waals surface area (Å²) in [5, 5.41) is 6.74. The molecule has 0 aromatic carbocycles. The SMILES string of the molecule is CCCCCCCCNC(=O)[N]CCCC. The second kappa shape index (κ2) is 12.3. The molecule has 0 fully saturated rings. The third-order valence-electron chi connectivity index (χ3n) is 2.57. The molecule has 3 nitrogen and oxygen atoms in total. The first kappa shape index (κ1) is 15.3. The molecular weight excluding hydrogens is 200 g/mol. The Labute approximate surface area is 100 Å². The van der Waals surface area contributed by atoms with Crippen LogP contribution in [0.25, 0.3) is 0 Å². The highest BCUT2D eigenvalue weighted by atomic mass is 16.2. The maximum absolute atomic E-state index is 11.2. The highest BCUT2D eigenvalue weighted by Crippen LogP contribution is 2.03. The van der Waals surface area contributed by atoms with Gasteiger partial charge >= 0.3 is 6.03 Å². The topological polar surface area (TPSA) is 43.2 Å². The van der Waals surface area contributed by atoms with Gasteiger partial charge in [0.05, 0.1) is 0 Å². The summed E-state index contributed by atoms with van der Waals surface area (Å²) < 4.78 is 0. The Morgan fingerprint density at radius 1 is 0.938 bits per heavy atom. The van der Waals surface area contributed by atoms with Crippen LogP contribution in [0, 0.1) is 0 Å². The number of nitrogens with one attached hydrogen (secondary N) is 1. The van der Waals surface area contributed by atoms with Gasteiger partial charge < -0.3 is 5.32 Å². The number of carbonyl (C=O) groups excluding carboxylic acids is 1. The summed E-state index contributed by atoms with van der Waals surface area (Å²) in [6, 6.07) is -0.137. The van der Waals surface area contributed by atoms with E-state index in [2.05, 4.69) is 24.5 Å². The molecule has 0 aliphatic carbocycles. The van der Waals surface area contributed by atoms with Crippen LogP contribution in [0.2, 0.25) is 0 Å². The molecule has 0 aliphatic rings. The molecule has 95 valence electrons. The molecular formula is C13H27N2O. The van der Waals surface area contributed by atoms with Crippen LogP contribution in [0.1, 0.15) is 65.2 Å². The number of urea groups is 1. The van der Waals surface area contributed by atoms with E-state index < -0.39 is 0 Å². The predicted octanol–water partition coefficient (Wildman–Crippen LogP) is 3.46. The van der Waals surface area contributed by atoms with Crippen LogP contribution in [0.15, 0.2) is 0 Å². The summed E-state index contributed by atoms with van der Waals surface area (Å²) in [4.78, 5) is 11.2. The first-order chi connectivity index (χ1) is 7.81. The van der Waals surface area contributed by atoms with Gasteiger partial charge in [0.15, 0.2) is 0 Å². The van der Waals surface area contributed by atoms with E-state index in [4.69, 9.17) is 0 Å². The standard InChI is InChI=1S/C13H27N2O/c1-3-5-7-8-9-10-12-15-13(16)14-11-6-4-2/h3-12H2,1-2H3,(H,15,16). The minimum atomic E-state index is -0.137. The van der Waals surface area contributed by atoms with Crippen molar-refractivity contribution in [1.29, 1.82) is 0 Å². The number of unbranched alkanes of at least 4 members (excludes halogenated alkanes) is 6. The smallest absolute Gasteiger partial charge is 0.336 e. The molecule has 0 aromatic heterocycles. The molecule has 1 radical (unpaired) electrons. The van der Waals surface area contributed by atoms with Gasteiger partial charge in [-0.3, -0.25) is 0 Å². The molecule has 0 aliphatic heterocycles. The number of hydrogen-bond donors (Lipinski definition) is 1. The Kier molecular flexibility index (Phi) is 11.8. The summed E-state index contributed by atoms with van der Waals surface area (Å²) in [7, 11) is 0. The fraction of sp³-hybridized carbons (Fsp3) is 0.923. The van der Waals surface area contributed by atoms with Gasteiger partial charge in [-0.1, -0.05) is 52.4 Å². The van der Waals surface area contributed by atoms with Crippen molar-refractivity contribution in [3.63, 3.8) is 0 Å². The summed E-state index contributed by atoms with van der Waals surface area (Å²) in [6.45, 7) is 5.77. The quantitative estimate of drug-likeness (QED) is 0.571. The zero-order valence-corrected chi connectivity index (χ0v) is 10.9. The lowest BCUT2D eigenvalue weighted by Gasteiger charge is -2.04. The van der Waals surface area contributed by atoms with Crippen molar-refractivity contribution in [1.82, 2.24) is 10.6 Å². The lowest BCUT2D eigenvalue weighted by atomic mass is 10.1. The minimum Gasteiger partial charge on any atom is -0.337 e. The highest BCUT2D eigenvalue weighted by molar-refractivity contribution is 5.73. The third-order valence-corrected chi connectivity index (χ3v) is 2.57. The van der Waals surface area contributed by atoms with Crippen LogP contribution in [0.3, 0.4) is 0 Å². The molecule has 0 rings (SSSR count). The van der Waals surface area contributed by atoms with Crippen LogP contribution in [-0.2, 0) is 0 Å². The van der Waals surface area contributed by atoms with Crippen LogP contribution in [-0.4, -0.2) is 19.1 Å². The number of hydrogen-bond acceptors (Lipinski definition) is 1. The Balaban J connectivity index is 3.09. The number of rotatable bonds is 10. The molecule has 0 unspecified atom stereocenters. The molecule has 0 bridgehead atoms. The van der Waals surface area contributed by atoms with Crippen LogP contribution in [0.4, 0.5) is 4.79 Å². The molecule has 16 heavy (non-hydrogen) atoms. The van der Waals surface area contributed by atoms with E-state index in [0.717, 1.165) is 25.8 Å². The van der Waals surface area contributed by atoms with Crippen LogP contribution >= 0.6 is 0 Å². The molecule has 0 atom stereocenters. The average Bonchev–Trinajstić information content (AvgIpc) is 2.28. The van der Waals surface area contributed by atoms with E-state index in [1.165, 1.54) is 32.1 Å². The Morgan fingerprint density at radius 2 is 1.56 bits per heavy atom. The van der Waals surface area contributed by atoms with E-state index >= 15 is 0 Å². The highest BCUT2D eigenvalue weighted by Gasteiger charge is 1.99. The van der Waals surface area contributed by atoms with Crippen LogP contribution < -0.4 is 10.6 Å². The summed E-state index contributed by atoms with van der Waals surface area (Å²) >= 11 is 0. The van der Waals surface area contributed by atoms with E-state index in [9.17, 15) is 4.79 Å². The van der Waals surface area contributed by atoms with E-state index in [1.54, 1.807) is 0 Å². The zero-order chi connectivity index (χ0) is 12.1. The number of nitrogens with zero attached hydrogens (tertiary/aromatic N) is 1. The lowest BCUT2D eigenvalue weighted by Crippen LogP contribution is -2.31. The number of carbonyl (C=O) groups is 1. The molecule has 0 aromatic rings. The lowest BCUT2D eigenvalue weighted by molar-refractivity contribution is 0.239. The Morgan fingerprint density at radius 3 is 2.25 bits per heavy atom. The van der Waals surface area contributed by atoms with Crippen molar-refractivity contribution in [2.24, 2.45) is 0 Å². The predicted molar refractivity (Wildman–Crippen MR) is 68.7 cm³/mol. The van der Waals surface area contributed by atoms with E-state index in [1.807, 2.05) is 0 Å². The first-order valence-corrected chi connectivity index (χ1v) is 6.76. The minimum absolute atomic E-state index is 0.137. The molecule has 3 heteroatoms. The van der Waals surface area contributed by atoms with Gasteiger partial charge in [0.25, 0.3) is 0 Å². The Hall–Kier alpha value is -0.730. The normalized spacial score (nSPS) is 10.1. The fourth-order valence-electron chi connectivity index (χ4n) is 1.50. The van der Waals surface area contributed by atoms with Crippen molar-refractivity contribution in [2.45, 2.75) is 65.2 Å². The van der Waals surface area contributed by atoms with E-state index in [-0.39, 0.29) is 6.03 Å². The monoisotopic (exact) mass is 227 g/mol. The van der Waals surface area contributed by atoms with Gasteiger partial charge in [0.1, 0.15) is 0 Å². The van der Waals surface area contributed by atoms with Crippen molar-refractivity contribution in [2.75, 3.05) is 13.1 Å². The molecule has 0 heterocycles. The van der Waals surface area contributed by atoms with Crippen molar-refractivity contribution in [3.05, 3.63) is 0 Å². The largest absolute Gasteiger partial charge is 0.337 e. The maximum atomic E-state index is 11.2. The fourth-order valence-corrected chi connectivity index (χ4v) is 1.50. The van der Waals surface area contributed by atoms with Crippen molar-refractivity contribution >= 4 is 6.03 Å². The molecule has 0 saturated carbocycles. The molecule has 0 spiro atoms. The average molecular weight is 227 g/mol. The summed E-state index contributed by atoms with van der Waals surface area (Å²) in [5.41, 5.74) is 0. The molecule has 0 saturated heterocycles.